The molecule has 1 unspecified atom stereocenters. The van der Waals surface area contributed by atoms with Crippen LogP contribution in [0.2, 0.25) is 0 Å². The van der Waals surface area contributed by atoms with Gasteiger partial charge in [-0.15, -0.1) is 0 Å². The molecule has 0 aliphatic rings. The first-order chi connectivity index (χ1) is 7.84. The molecule has 0 heterocycles. The van der Waals surface area contributed by atoms with Crippen molar-refractivity contribution >= 4 is 11.7 Å². The van der Waals surface area contributed by atoms with Gasteiger partial charge in [0, 0.05) is 19.3 Å². The summed E-state index contributed by atoms with van der Waals surface area (Å²) in [5.74, 6) is -1.11. The van der Waals surface area contributed by atoms with Gasteiger partial charge in [0.15, 0.2) is 0 Å². The highest BCUT2D eigenvalue weighted by Crippen LogP contribution is 2.24. The van der Waals surface area contributed by atoms with Crippen molar-refractivity contribution in [3.63, 3.8) is 0 Å². The summed E-state index contributed by atoms with van der Waals surface area (Å²) >= 11 is 0. The highest BCUT2D eigenvalue weighted by atomic mass is 16.4. The zero-order chi connectivity index (χ0) is 13.2. The fourth-order valence-corrected chi connectivity index (χ4v) is 1.94. The second kappa shape index (κ2) is 5.21. The van der Waals surface area contributed by atoms with Crippen LogP contribution in [0.3, 0.4) is 0 Å². The van der Waals surface area contributed by atoms with Crippen LogP contribution >= 0.6 is 0 Å². The summed E-state index contributed by atoms with van der Waals surface area (Å²) in [5, 5.41) is 8.92. The summed E-state index contributed by atoms with van der Waals surface area (Å²) in [7, 11) is 1.94. The minimum atomic E-state index is -0.752. The summed E-state index contributed by atoms with van der Waals surface area (Å²) < 4.78 is 0. The van der Waals surface area contributed by atoms with Crippen LogP contribution in [0.4, 0.5) is 5.69 Å². The third-order valence-electron chi connectivity index (χ3n) is 3.41. The van der Waals surface area contributed by atoms with Gasteiger partial charge in [-0.3, -0.25) is 4.79 Å². The van der Waals surface area contributed by atoms with E-state index in [4.69, 9.17) is 5.11 Å². The monoisotopic (exact) mass is 235 g/mol. The average molecular weight is 235 g/mol. The molecule has 0 aromatic heterocycles. The van der Waals surface area contributed by atoms with E-state index in [2.05, 4.69) is 32.9 Å². The number of aliphatic carboxylic acids is 1. The van der Waals surface area contributed by atoms with Crippen molar-refractivity contribution in [2.75, 3.05) is 18.5 Å². The zero-order valence-electron chi connectivity index (χ0n) is 11.2. The van der Waals surface area contributed by atoms with Gasteiger partial charge in [0.25, 0.3) is 0 Å². The quantitative estimate of drug-likeness (QED) is 0.872. The summed E-state index contributed by atoms with van der Waals surface area (Å²) in [5.41, 5.74) is 4.88. The molecular formula is C14H21NO2. The molecule has 1 N–H and O–H groups in total. The van der Waals surface area contributed by atoms with E-state index in [-0.39, 0.29) is 5.92 Å². The second-order valence-electron chi connectivity index (χ2n) is 4.77. The summed E-state index contributed by atoms with van der Waals surface area (Å²) in [4.78, 5) is 12.9. The standard InChI is InChI=1S/C14H21NO2/c1-9-6-7-13(12(4)11(9)3)15(5)8-10(2)14(16)17/h6-7,10H,8H2,1-5H3,(H,16,17). The minimum absolute atomic E-state index is 0.360. The predicted octanol–water partition coefficient (Wildman–Crippen LogP) is 2.77. The molecule has 1 aromatic rings. The Hall–Kier alpha value is -1.51. The molecule has 0 saturated heterocycles. The number of hydrogen-bond donors (Lipinski definition) is 1. The number of nitrogens with zero attached hydrogens (tertiary/aromatic N) is 1. The zero-order valence-corrected chi connectivity index (χ0v) is 11.2. The molecule has 3 heteroatoms. The van der Waals surface area contributed by atoms with Gasteiger partial charge in [0.2, 0.25) is 0 Å². The fraction of sp³-hybridized carbons (Fsp3) is 0.500. The molecule has 0 bridgehead atoms. The number of rotatable bonds is 4. The van der Waals surface area contributed by atoms with Crippen LogP contribution < -0.4 is 4.90 Å². The maximum Gasteiger partial charge on any atom is 0.308 e. The maximum atomic E-state index is 10.8. The molecule has 1 atom stereocenters. The molecule has 0 amide bonds. The van der Waals surface area contributed by atoms with E-state index in [0.29, 0.717) is 6.54 Å². The van der Waals surface area contributed by atoms with Crippen LogP contribution in [0, 0.1) is 26.7 Å². The summed E-state index contributed by atoms with van der Waals surface area (Å²) in [6.45, 7) is 8.53. The van der Waals surface area contributed by atoms with E-state index in [1.54, 1.807) is 6.92 Å². The first-order valence-corrected chi connectivity index (χ1v) is 5.85. The van der Waals surface area contributed by atoms with Crippen LogP contribution in [-0.2, 0) is 4.79 Å². The highest BCUT2D eigenvalue weighted by molar-refractivity contribution is 5.70. The first-order valence-electron chi connectivity index (χ1n) is 5.85. The molecule has 0 saturated carbocycles. The van der Waals surface area contributed by atoms with Gasteiger partial charge >= 0.3 is 5.97 Å². The van der Waals surface area contributed by atoms with Crippen molar-refractivity contribution in [2.24, 2.45) is 5.92 Å². The van der Waals surface area contributed by atoms with E-state index in [1.165, 1.54) is 16.7 Å². The Kier molecular flexibility index (Phi) is 4.16. The van der Waals surface area contributed by atoms with Gasteiger partial charge in [0.1, 0.15) is 0 Å². The van der Waals surface area contributed by atoms with E-state index in [1.807, 2.05) is 11.9 Å². The Morgan fingerprint density at radius 3 is 2.41 bits per heavy atom. The molecule has 0 aliphatic heterocycles. The number of hydrogen-bond acceptors (Lipinski definition) is 2. The topological polar surface area (TPSA) is 40.5 Å². The van der Waals surface area contributed by atoms with Crippen molar-refractivity contribution in [3.8, 4) is 0 Å². The largest absolute Gasteiger partial charge is 0.481 e. The lowest BCUT2D eigenvalue weighted by Crippen LogP contribution is -2.29. The van der Waals surface area contributed by atoms with Crippen molar-refractivity contribution in [2.45, 2.75) is 27.7 Å². The lowest BCUT2D eigenvalue weighted by atomic mass is 10.0. The lowest BCUT2D eigenvalue weighted by Gasteiger charge is -2.24. The molecule has 0 fully saturated rings. The van der Waals surface area contributed by atoms with Crippen molar-refractivity contribution in [3.05, 3.63) is 28.8 Å². The number of carboxylic acids is 1. The molecule has 1 rings (SSSR count). The SMILES string of the molecule is Cc1ccc(N(C)CC(C)C(=O)O)c(C)c1C. The Balaban J connectivity index is 2.93. The first kappa shape index (κ1) is 13.6. The van der Waals surface area contributed by atoms with Gasteiger partial charge in [-0.05, 0) is 43.5 Å². The fourth-order valence-electron chi connectivity index (χ4n) is 1.94. The van der Waals surface area contributed by atoms with E-state index in [9.17, 15) is 4.79 Å². The van der Waals surface area contributed by atoms with E-state index in [0.717, 1.165) is 5.69 Å². The highest BCUT2D eigenvalue weighted by Gasteiger charge is 2.15. The van der Waals surface area contributed by atoms with Gasteiger partial charge in [-0.1, -0.05) is 13.0 Å². The Morgan fingerprint density at radius 2 is 1.88 bits per heavy atom. The minimum Gasteiger partial charge on any atom is -0.481 e. The van der Waals surface area contributed by atoms with Gasteiger partial charge in [-0.25, -0.2) is 0 Å². The Labute approximate surface area is 103 Å². The van der Waals surface area contributed by atoms with Crippen LogP contribution in [0.25, 0.3) is 0 Å². The van der Waals surface area contributed by atoms with Crippen LogP contribution in [0.5, 0.6) is 0 Å². The Bertz CT molecular complexity index is 426. The third-order valence-corrected chi connectivity index (χ3v) is 3.41. The van der Waals surface area contributed by atoms with Crippen LogP contribution in [-0.4, -0.2) is 24.7 Å². The number of anilines is 1. The predicted molar refractivity (Wildman–Crippen MR) is 70.7 cm³/mol. The normalized spacial score (nSPS) is 12.3. The average Bonchev–Trinajstić information content (AvgIpc) is 2.25. The van der Waals surface area contributed by atoms with Gasteiger partial charge < -0.3 is 10.0 Å². The van der Waals surface area contributed by atoms with E-state index >= 15 is 0 Å². The van der Waals surface area contributed by atoms with Crippen molar-refractivity contribution < 1.29 is 9.90 Å². The maximum absolute atomic E-state index is 10.8. The number of aryl methyl sites for hydroxylation is 1. The van der Waals surface area contributed by atoms with Crippen LogP contribution in [0.15, 0.2) is 12.1 Å². The van der Waals surface area contributed by atoms with Crippen LogP contribution in [0.1, 0.15) is 23.6 Å². The summed E-state index contributed by atoms with van der Waals surface area (Å²) in [6.07, 6.45) is 0. The second-order valence-corrected chi connectivity index (χ2v) is 4.77. The molecule has 0 radical (unpaired) electrons. The Morgan fingerprint density at radius 1 is 1.29 bits per heavy atom. The number of carbonyl (C=O) groups is 1. The summed E-state index contributed by atoms with van der Waals surface area (Å²) in [6, 6.07) is 4.14. The molecule has 0 aliphatic carbocycles. The third kappa shape index (κ3) is 2.99. The molecule has 0 spiro atoms. The van der Waals surface area contributed by atoms with E-state index < -0.39 is 5.97 Å². The molecule has 3 nitrogen and oxygen atoms in total. The van der Waals surface area contributed by atoms with Gasteiger partial charge in [0.05, 0.1) is 5.92 Å². The lowest BCUT2D eigenvalue weighted by molar-refractivity contribution is -0.140. The molecule has 17 heavy (non-hydrogen) atoms. The molecule has 94 valence electrons. The van der Waals surface area contributed by atoms with Crippen molar-refractivity contribution in [1.29, 1.82) is 0 Å². The van der Waals surface area contributed by atoms with Crippen molar-refractivity contribution in [1.82, 2.24) is 0 Å². The number of carboxylic acid groups (broad SMARTS) is 1. The van der Waals surface area contributed by atoms with Gasteiger partial charge in [-0.2, -0.15) is 0 Å². The molecular weight excluding hydrogens is 214 g/mol. The number of benzene rings is 1. The smallest absolute Gasteiger partial charge is 0.308 e. The molecule has 1 aromatic carbocycles.